The number of benzene rings is 1. The fourth-order valence-electron chi connectivity index (χ4n) is 1.25. The van der Waals surface area contributed by atoms with Crippen molar-refractivity contribution < 1.29 is 18.8 Å². The summed E-state index contributed by atoms with van der Waals surface area (Å²) in [5, 5.41) is 19.6. The van der Waals surface area contributed by atoms with E-state index in [0.29, 0.717) is 0 Å². The molecule has 0 saturated carbocycles. The van der Waals surface area contributed by atoms with E-state index in [-0.39, 0.29) is 18.0 Å². The van der Waals surface area contributed by atoms with Gasteiger partial charge in [-0.05, 0) is 11.6 Å². The number of nitro groups is 1. The maximum Gasteiger partial charge on any atom is 0.311 e. The zero-order valence-corrected chi connectivity index (χ0v) is 9.36. The minimum Gasteiger partial charge on any atom is -0.502 e. The van der Waals surface area contributed by atoms with Crippen LogP contribution in [0.2, 0.25) is 0 Å². The molecule has 0 heterocycles. The average molecular weight is 269 g/mol. The number of nitrogens with zero attached hydrogens (tertiary/aromatic N) is 1. The first-order chi connectivity index (χ1) is 7.41. The Labute approximate surface area is 102 Å². The largest absolute Gasteiger partial charge is 0.502 e. The number of phenolic OH excluding ortho intramolecular Hbond substituents is 1. The Morgan fingerprint density at radius 3 is 2.53 bits per heavy atom. The molecule has 17 heavy (non-hydrogen) atoms. The summed E-state index contributed by atoms with van der Waals surface area (Å²) in [6.07, 6.45) is -3.16. The highest BCUT2D eigenvalue weighted by Crippen LogP contribution is 2.29. The Morgan fingerprint density at radius 2 is 2.06 bits per heavy atom. The molecule has 0 aliphatic carbocycles. The van der Waals surface area contributed by atoms with Crippen LogP contribution in [0.15, 0.2) is 18.2 Å². The second-order valence-electron chi connectivity index (χ2n) is 3.24. The predicted molar refractivity (Wildman–Crippen MR) is 59.6 cm³/mol. The molecule has 0 bridgehead atoms. The van der Waals surface area contributed by atoms with Crippen molar-refractivity contribution in [3.05, 3.63) is 33.9 Å². The molecule has 0 saturated heterocycles. The summed E-state index contributed by atoms with van der Waals surface area (Å²) in [7, 11) is 0. The van der Waals surface area contributed by atoms with Crippen LogP contribution in [0.5, 0.6) is 5.75 Å². The number of hydrogen-bond donors (Lipinski definition) is 2. The average Bonchev–Trinajstić information content (AvgIpc) is 2.16. The van der Waals surface area contributed by atoms with Crippen LogP contribution in [0.4, 0.5) is 14.5 Å². The van der Waals surface area contributed by atoms with Crippen molar-refractivity contribution in [2.75, 3.05) is 0 Å². The molecule has 1 aromatic rings. The van der Waals surface area contributed by atoms with Crippen LogP contribution in [0.3, 0.4) is 0 Å². The molecule has 1 aromatic carbocycles. The monoisotopic (exact) mass is 268 g/mol. The topological polar surface area (TPSA) is 89.4 Å². The van der Waals surface area contributed by atoms with Crippen LogP contribution < -0.4 is 5.73 Å². The first kappa shape index (κ1) is 15.5. The van der Waals surface area contributed by atoms with Crippen LogP contribution in [0.25, 0.3) is 0 Å². The van der Waals surface area contributed by atoms with Crippen LogP contribution in [-0.4, -0.2) is 16.5 Å². The summed E-state index contributed by atoms with van der Waals surface area (Å²) in [5.41, 5.74) is 5.09. The number of phenols is 1. The Balaban J connectivity index is 0.00000256. The Hall–Kier alpha value is -1.47. The summed E-state index contributed by atoms with van der Waals surface area (Å²) in [6, 6.07) is 2.37. The van der Waals surface area contributed by atoms with Crippen molar-refractivity contribution in [2.24, 2.45) is 5.73 Å². The normalized spacial score (nSPS) is 12.0. The van der Waals surface area contributed by atoms with E-state index in [0.717, 1.165) is 12.1 Å². The van der Waals surface area contributed by atoms with Gasteiger partial charge in [0.1, 0.15) is 0 Å². The maximum atomic E-state index is 12.0. The zero-order chi connectivity index (χ0) is 12.3. The lowest BCUT2D eigenvalue weighted by Crippen LogP contribution is -2.14. The number of halogens is 3. The number of nitrogens with two attached hydrogens (primary N) is 1. The van der Waals surface area contributed by atoms with Gasteiger partial charge in [0.25, 0.3) is 0 Å². The molecule has 3 N–H and O–H groups in total. The van der Waals surface area contributed by atoms with Crippen molar-refractivity contribution in [2.45, 2.75) is 18.9 Å². The molecule has 0 amide bonds. The van der Waals surface area contributed by atoms with Gasteiger partial charge in [-0.15, -0.1) is 12.4 Å². The number of aromatic hydroxyl groups is 1. The Kier molecular flexibility index (Phi) is 5.77. The van der Waals surface area contributed by atoms with Gasteiger partial charge in [0.05, 0.1) is 4.92 Å². The minimum absolute atomic E-state index is 0. The third-order valence-corrected chi connectivity index (χ3v) is 2.06. The number of rotatable bonds is 4. The quantitative estimate of drug-likeness (QED) is 0.648. The number of alkyl halides is 2. The zero-order valence-electron chi connectivity index (χ0n) is 8.55. The van der Waals surface area contributed by atoms with Crippen molar-refractivity contribution in [3.63, 3.8) is 0 Å². The molecule has 0 aliphatic heterocycles. The SMILES string of the molecule is Cl.N[C@H](CC(F)F)c1ccc(O)c([N+](=O)[O-])c1. The van der Waals surface area contributed by atoms with Crippen LogP contribution >= 0.6 is 12.4 Å². The van der Waals surface area contributed by atoms with Gasteiger partial charge in [0.15, 0.2) is 5.75 Å². The molecule has 96 valence electrons. The first-order valence-electron chi connectivity index (χ1n) is 4.43. The number of hydrogen-bond acceptors (Lipinski definition) is 4. The molecule has 0 aliphatic rings. The first-order valence-corrected chi connectivity index (χ1v) is 4.43. The van der Waals surface area contributed by atoms with E-state index in [1.165, 1.54) is 6.07 Å². The summed E-state index contributed by atoms with van der Waals surface area (Å²) in [6.45, 7) is 0. The standard InChI is InChI=1S/C9H10F2N2O3.ClH/c10-9(11)4-6(12)5-1-2-8(14)7(3-5)13(15)16;/h1-3,6,9,14H,4,12H2;1H/t6-;/m1./s1. The molecule has 0 aromatic heterocycles. The molecule has 5 nitrogen and oxygen atoms in total. The van der Waals surface area contributed by atoms with Gasteiger partial charge in [0, 0.05) is 18.5 Å². The summed E-state index contributed by atoms with van der Waals surface area (Å²) < 4.78 is 24.1. The van der Waals surface area contributed by atoms with Crippen LogP contribution in [0.1, 0.15) is 18.0 Å². The lowest BCUT2D eigenvalue weighted by atomic mass is 10.0. The van der Waals surface area contributed by atoms with Gasteiger partial charge < -0.3 is 10.8 Å². The molecule has 1 atom stereocenters. The molecule has 0 spiro atoms. The van der Waals surface area contributed by atoms with Gasteiger partial charge in [0.2, 0.25) is 6.43 Å². The van der Waals surface area contributed by atoms with E-state index in [1.54, 1.807) is 0 Å². The van der Waals surface area contributed by atoms with Gasteiger partial charge in [-0.2, -0.15) is 0 Å². The summed E-state index contributed by atoms with van der Waals surface area (Å²) in [5.74, 6) is -0.516. The van der Waals surface area contributed by atoms with E-state index in [9.17, 15) is 18.9 Å². The van der Waals surface area contributed by atoms with Gasteiger partial charge in [-0.3, -0.25) is 10.1 Å². The highest BCUT2D eigenvalue weighted by atomic mass is 35.5. The third-order valence-electron chi connectivity index (χ3n) is 2.06. The Morgan fingerprint density at radius 1 is 1.47 bits per heavy atom. The highest BCUT2D eigenvalue weighted by molar-refractivity contribution is 5.85. The van der Waals surface area contributed by atoms with Gasteiger partial charge >= 0.3 is 5.69 Å². The van der Waals surface area contributed by atoms with Crippen molar-refractivity contribution >= 4 is 18.1 Å². The van der Waals surface area contributed by atoms with Crippen molar-refractivity contribution in [3.8, 4) is 5.75 Å². The fraction of sp³-hybridized carbons (Fsp3) is 0.333. The highest BCUT2D eigenvalue weighted by Gasteiger charge is 2.18. The second kappa shape index (κ2) is 6.31. The maximum absolute atomic E-state index is 12.0. The predicted octanol–water partition coefficient (Wildman–Crippen LogP) is 2.38. The fourth-order valence-corrected chi connectivity index (χ4v) is 1.25. The lowest BCUT2D eigenvalue weighted by Gasteiger charge is -2.11. The van der Waals surface area contributed by atoms with E-state index in [2.05, 4.69) is 0 Å². The molecule has 0 fully saturated rings. The minimum atomic E-state index is -2.58. The molecule has 0 unspecified atom stereocenters. The summed E-state index contributed by atoms with van der Waals surface area (Å²) in [4.78, 5) is 9.68. The van der Waals surface area contributed by atoms with E-state index in [4.69, 9.17) is 10.8 Å². The van der Waals surface area contributed by atoms with E-state index < -0.39 is 35.2 Å². The molecule has 1 rings (SSSR count). The molecule has 8 heteroatoms. The Bertz CT molecular complexity index is 404. The van der Waals surface area contributed by atoms with E-state index in [1.807, 2.05) is 0 Å². The van der Waals surface area contributed by atoms with E-state index >= 15 is 0 Å². The smallest absolute Gasteiger partial charge is 0.311 e. The lowest BCUT2D eigenvalue weighted by molar-refractivity contribution is -0.385. The van der Waals surface area contributed by atoms with Crippen molar-refractivity contribution in [1.29, 1.82) is 0 Å². The summed E-state index contributed by atoms with van der Waals surface area (Å²) >= 11 is 0. The van der Waals surface area contributed by atoms with Crippen molar-refractivity contribution in [1.82, 2.24) is 0 Å². The molecular formula is C9H11ClF2N2O3. The third kappa shape index (κ3) is 4.12. The molecular weight excluding hydrogens is 258 g/mol. The second-order valence-corrected chi connectivity index (χ2v) is 3.24. The van der Waals surface area contributed by atoms with Crippen LogP contribution in [0, 0.1) is 10.1 Å². The molecule has 0 radical (unpaired) electrons. The van der Waals surface area contributed by atoms with Gasteiger partial charge in [-0.25, -0.2) is 8.78 Å². The number of nitro benzene ring substituents is 1. The van der Waals surface area contributed by atoms with Crippen LogP contribution in [-0.2, 0) is 0 Å². The van der Waals surface area contributed by atoms with Gasteiger partial charge in [-0.1, -0.05) is 6.07 Å².